The van der Waals surface area contributed by atoms with Crippen LogP contribution >= 0.6 is 11.3 Å². The van der Waals surface area contributed by atoms with Crippen LogP contribution in [0.15, 0.2) is 28.1 Å². The predicted molar refractivity (Wildman–Crippen MR) is 104 cm³/mol. The van der Waals surface area contributed by atoms with Gasteiger partial charge in [-0.1, -0.05) is 17.6 Å². The Kier molecular flexibility index (Phi) is 6.21. The van der Waals surface area contributed by atoms with E-state index in [0.717, 1.165) is 42.3 Å². The van der Waals surface area contributed by atoms with Crippen LogP contribution in [0.4, 0.5) is 0 Å². The average Bonchev–Trinajstić information content (AvgIpc) is 3.40. The van der Waals surface area contributed by atoms with Gasteiger partial charge in [0.05, 0.1) is 11.5 Å². The summed E-state index contributed by atoms with van der Waals surface area (Å²) < 4.78 is 10.9. The fourth-order valence-corrected chi connectivity index (χ4v) is 4.69. The first-order valence-corrected chi connectivity index (χ1v) is 10.8. The highest BCUT2D eigenvalue weighted by Gasteiger charge is 2.27. The topological polar surface area (TPSA) is 58.8 Å². The number of carbonyl (C=O) groups excluding carboxylic acids is 1. The first kappa shape index (κ1) is 18.7. The summed E-state index contributed by atoms with van der Waals surface area (Å²) in [6.07, 6.45) is 6.18. The number of hydrogen-bond donors (Lipinski definition) is 0. The van der Waals surface area contributed by atoms with Crippen molar-refractivity contribution in [2.75, 3.05) is 32.8 Å². The highest BCUT2D eigenvalue weighted by molar-refractivity contribution is 7.13. The molecule has 2 aromatic rings. The molecule has 0 aromatic carbocycles. The maximum atomic E-state index is 12.4. The first-order chi connectivity index (χ1) is 13.3. The van der Waals surface area contributed by atoms with Crippen LogP contribution in [-0.4, -0.2) is 59.7 Å². The summed E-state index contributed by atoms with van der Waals surface area (Å²) in [6.45, 7) is 4.55. The van der Waals surface area contributed by atoms with Crippen LogP contribution < -0.4 is 0 Å². The Hall–Kier alpha value is -1.70. The van der Waals surface area contributed by atoms with E-state index in [-0.39, 0.29) is 12.5 Å². The Morgan fingerprint density at radius 3 is 2.78 bits per heavy atom. The second-order valence-electron chi connectivity index (χ2n) is 7.36. The Morgan fingerprint density at radius 1 is 1.22 bits per heavy atom. The van der Waals surface area contributed by atoms with Crippen molar-refractivity contribution in [3.05, 3.63) is 29.3 Å². The lowest BCUT2D eigenvalue weighted by Gasteiger charge is -2.40. The van der Waals surface area contributed by atoms with Gasteiger partial charge in [-0.05, 0) is 50.2 Å². The van der Waals surface area contributed by atoms with Gasteiger partial charge in [0.1, 0.15) is 12.3 Å². The molecule has 2 aliphatic heterocycles. The number of ether oxygens (including phenoxy) is 1. The Bertz CT molecular complexity index is 717. The third-order valence-electron chi connectivity index (χ3n) is 5.52. The zero-order chi connectivity index (χ0) is 18.5. The standard InChI is InChI=1S/C20H27N3O3S/c24-20(23-10-6-17(7-11-23)22-8-2-1-3-9-22)15-25-14-16-13-18(26-21-16)19-5-4-12-27-19/h4-5,12-13,17H,1-3,6-11,14-15H2. The molecule has 2 saturated heterocycles. The molecule has 4 heterocycles. The van der Waals surface area contributed by atoms with E-state index >= 15 is 0 Å². The molecular weight excluding hydrogens is 362 g/mol. The molecule has 2 fully saturated rings. The molecule has 0 aliphatic carbocycles. The van der Waals surface area contributed by atoms with Crippen molar-refractivity contribution >= 4 is 17.2 Å². The van der Waals surface area contributed by atoms with Crippen molar-refractivity contribution in [3.63, 3.8) is 0 Å². The monoisotopic (exact) mass is 389 g/mol. The van der Waals surface area contributed by atoms with E-state index in [9.17, 15) is 4.79 Å². The number of likely N-dealkylation sites (tertiary alicyclic amines) is 2. The number of aromatic nitrogens is 1. The van der Waals surface area contributed by atoms with Gasteiger partial charge in [-0.25, -0.2) is 0 Å². The highest BCUT2D eigenvalue weighted by atomic mass is 32.1. The molecule has 0 saturated carbocycles. The number of hydrogen-bond acceptors (Lipinski definition) is 6. The van der Waals surface area contributed by atoms with Crippen molar-refractivity contribution in [2.24, 2.45) is 0 Å². The van der Waals surface area contributed by atoms with Gasteiger partial charge in [-0.3, -0.25) is 4.79 Å². The van der Waals surface area contributed by atoms with Crippen LogP contribution in [0.25, 0.3) is 10.6 Å². The van der Waals surface area contributed by atoms with E-state index in [0.29, 0.717) is 12.6 Å². The fourth-order valence-electron chi connectivity index (χ4n) is 4.01. The summed E-state index contributed by atoms with van der Waals surface area (Å²) in [5, 5.41) is 6.02. The molecule has 27 heavy (non-hydrogen) atoms. The quantitative estimate of drug-likeness (QED) is 0.758. The Balaban J connectivity index is 1.18. The number of rotatable bonds is 6. The molecule has 0 N–H and O–H groups in total. The van der Waals surface area contributed by atoms with Crippen molar-refractivity contribution in [3.8, 4) is 10.6 Å². The molecule has 0 atom stereocenters. The van der Waals surface area contributed by atoms with E-state index in [1.165, 1.54) is 32.4 Å². The van der Waals surface area contributed by atoms with Crippen LogP contribution in [0.1, 0.15) is 37.8 Å². The second kappa shape index (κ2) is 8.99. The molecule has 4 rings (SSSR count). The van der Waals surface area contributed by atoms with E-state index in [2.05, 4.69) is 10.1 Å². The van der Waals surface area contributed by atoms with E-state index in [1.807, 2.05) is 28.5 Å². The number of piperidine rings is 2. The van der Waals surface area contributed by atoms with E-state index in [1.54, 1.807) is 11.3 Å². The molecule has 1 amide bonds. The summed E-state index contributed by atoms with van der Waals surface area (Å²) in [7, 11) is 0. The normalized spacial score (nSPS) is 19.5. The van der Waals surface area contributed by atoms with Gasteiger partial charge in [-0.2, -0.15) is 0 Å². The molecule has 2 aromatic heterocycles. The van der Waals surface area contributed by atoms with Crippen LogP contribution in [0.5, 0.6) is 0 Å². The molecule has 0 radical (unpaired) electrons. The van der Waals surface area contributed by atoms with Gasteiger partial charge >= 0.3 is 0 Å². The minimum Gasteiger partial charge on any atom is -0.365 e. The van der Waals surface area contributed by atoms with Crippen molar-refractivity contribution < 1.29 is 14.1 Å². The van der Waals surface area contributed by atoms with Gasteiger partial charge in [0.15, 0.2) is 5.76 Å². The first-order valence-electron chi connectivity index (χ1n) is 9.88. The highest BCUT2D eigenvalue weighted by Crippen LogP contribution is 2.25. The van der Waals surface area contributed by atoms with Gasteiger partial charge in [-0.15, -0.1) is 11.3 Å². The molecule has 0 bridgehead atoms. The van der Waals surface area contributed by atoms with Gasteiger partial charge in [0.2, 0.25) is 5.91 Å². The average molecular weight is 390 g/mol. The molecule has 2 aliphatic rings. The van der Waals surface area contributed by atoms with Crippen molar-refractivity contribution in [1.29, 1.82) is 0 Å². The van der Waals surface area contributed by atoms with E-state index < -0.39 is 0 Å². The fraction of sp³-hybridized carbons (Fsp3) is 0.600. The maximum absolute atomic E-state index is 12.4. The molecule has 0 unspecified atom stereocenters. The minimum atomic E-state index is 0.0778. The molecular formula is C20H27N3O3S. The second-order valence-corrected chi connectivity index (χ2v) is 8.31. The lowest BCUT2D eigenvalue weighted by Crippen LogP contribution is -2.48. The van der Waals surface area contributed by atoms with Crippen molar-refractivity contribution in [2.45, 2.75) is 44.8 Å². The van der Waals surface area contributed by atoms with Crippen LogP contribution in [-0.2, 0) is 16.1 Å². The SMILES string of the molecule is O=C(COCc1cc(-c2cccs2)on1)N1CCC(N2CCCCC2)CC1. The Morgan fingerprint density at radius 2 is 2.04 bits per heavy atom. The van der Waals surface area contributed by atoms with Crippen molar-refractivity contribution in [1.82, 2.24) is 15.0 Å². The minimum absolute atomic E-state index is 0.0778. The third kappa shape index (κ3) is 4.78. The molecule has 146 valence electrons. The zero-order valence-corrected chi connectivity index (χ0v) is 16.5. The van der Waals surface area contributed by atoms with Crippen LogP contribution in [0, 0.1) is 0 Å². The smallest absolute Gasteiger partial charge is 0.248 e. The number of amides is 1. The summed E-state index contributed by atoms with van der Waals surface area (Å²) in [6, 6.07) is 6.50. The largest absolute Gasteiger partial charge is 0.365 e. The summed E-state index contributed by atoms with van der Waals surface area (Å²) in [5.41, 5.74) is 0.718. The summed E-state index contributed by atoms with van der Waals surface area (Å²) in [4.78, 5) is 18.0. The maximum Gasteiger partial charge on any atom is 0.248 e. The lowest BCUT2D eigenvalue weighted by atomic mass is 10.00. The van der Waals surface area contributed by atoms with Gasteiger partial charge < -0.3 is 19.1 Å². The Labute approximate surface area is 164 Å². The summed E-state index contributed by atoms with van der Waals surface area (Å²) in [5.74, 6) is 0.823. The molecule has 0 spiro atoms. The third-order valence-corrected chi connectivity index (χ3v) is 6.41. The summed E-state index contributed by atoms with van der Waals surface area (Å²) >= 11 is 1.61. The number of carbonyl (C=O) groups is 1. The van der Waals surface area contributed by atoms with Crippen LogP contribution in [0.2, 0.25) is 0 Å². The van der Waals surface area contributed by atoms with E-state index in [4.69, 9.17) is 9.26 Å². The molecule has 6 nitrogen and oxygen atoms in total. The van der Waals surface area contributed by atoms with Crippen LogP contribution in [0.3, 0.4) is 0 Å². The zero-order valence-electron chi connectivity index (χ0n) is 15.6. The lowest BCUT2D eigenvalue weighted by molar-refractivity contribution is -0.138. The van der Waals surface area contributed by atoms with Gasteiger partial charge in [0, 0.05) is 25.2 Å². The molecule has 7 heteroatoms. The number of thiophene rings is 1. The predicted octanol–water partition coefficient (Wildman–Crippen LogP) is 3.40. The number of nitrogens with zero attached hydrogens (tertiary/aromatic N) is 3. The van der Waals surface area contributed by atoms with Gasteiger partial charge in [0.25, 0.3) is 0 Å².